The van der Waals surface area contributed by atoms with Crippen molar-refractivity contribution in [1.82, 2.24) is 4.98 Å². The number of nitrogens with two attached hydrogens (primary N) is 2. The Kier molecular flexibility index (Phi) is 4.38. The van der Waals surface area contributed by atoms with E-state index in [0.717, 1.165) is 0 Å². The number of aromatic nitrogens is 1. The first-order chi connectivity index (χ1) is 9.35. The van der Waals surface area contributed by atoms with Crippen LogP contribution in [0.3, 0.4) is 0 Å². The first-order valence-electron chi connectivity index (χ1n) is 6.23. The number of halogens is 1. The molecule has 1 aromatic rings. The predicted molar refractivity (Wildman–Crippen MR) is 77.1 cm³/mol. The van der Waals surface area contributed by atoms with E-state index in [1.807, 2.05) is 0 Å². The lowest BCUT2D eigenvalue weighted by Crippen LogP contribution is -2.51. The second-order valence-electron chi connectivity index (χ2n) is 5.20. The molecule has 8 heteroatoms. The van der Waals surface area contributed by atoms with Crippen LogP contribution in [0.1, 0.15) is 24.8 Å². The molecule has 1 fully saturated rings. The summed E-state index contributed by atoms with van der Waals surface area (Å²) in [6.07, 6.45) is 2.79. The lowest BCUT2D eigenvalue weighted by molar-refractivity contribution is -0.386. The number of ether oxygens (including phenoxy) is 1. The van der Waals surface area contributed by atoms with Crippen molar-refractivity contribution < 1.29 is 9.66 Å². The molecule has 7 nitrogen and oxygen atoms in total. The standard InChI is InChI=1S/C12H17BrN4O3/c1-20-8-2-7(14)4-12(15,5-8)9-3-11(13)16-6-10(9)17(18)19/h3,6-8H,2,4-5,14-15H2,1H3. The van der Waals surface area contributed by atoms with E-state index in [9.17, 15) is 10.1 Å². The SMILES string of the molecule is COC1CC(N)CC(N)(c2cc(Br)ncc2[N+](=O)[O-])C1. The van der Waals surface area contributed by atoms with Gasteiger partial charge in [-0.3, -0.25) is 10.1 Å². The minimum atomic E-state index is -0.883. The van der Waals surface area contributed by atoms with Gasteiger partial charge < -0.3 is 16.2 Å². The maximum atomic E-state index is 11.2. The van der Waals surface area contributed by atoms with Gasteiger partial charge in [0.05, 0.1) is 22.1 Å². The highest BCUT2D eigenvalue weighted by Gasteiger charge is 2.42. The highest BCUT2D eigenvalue weighted by atomic mass is 79.9. The number of hydrogen-bond donors (Lipinski definition) is 2. The number of pyridine rings is 1. The summed E-state index contributed by atoms with van der Waals surface area (Å²) in [5.74, 6) is 0. The third kappa shape index (κ3) is 2.98. The molecule has 0 amide bonds. The largest absolute Gasteiger partial charge is 0.381 e. The monoisotopic (exact) mass is 344 g/mol. The van der Waals surface area contributed by atoms with Gasteiger partial charge in [-0.05, 0) is 41.3 Å². The molecule has 2 rings (SSSR count). The summed E-state index contributed by atoms with van der Waals surface area (Å²) in [6.45, 7) is 0. The van der Waals surface area contributed by atoms with Crippen molar-refractivity contribution >= 4 is 21.6 Å². The number of nitrogens with zero attached hydrogens (tertiary/aromatic N) is 2. The van der Waals surface area contributed by atoms with E-state index < -0.39 is 10.5 Å². The normalized spacial score (nSPS) is 30.2. The second kappa shape index (κ2) is 5.72. The first-order valence-corrected chi connectivity index (χ1v) is 7.02. The summed E-state index contributed by atoms with van der Waals surface area (Å²) in [5.41, 5.74) is 11.9. The van der Waals surface area contributed by atoms with E-state index in [2.05, 4.69) is 20.9 Å². The van der Waals surface area contributed by atoms with Crippen molar-refractivity contribution in [3.63, 3.8) is 0 Å². The van der Waals surface area contributed by atoms with Crippen molar-refractivity contribution in [2.45, 2.75) is 36.9 Å². The van der Waals surface area contributed by atoms with Gasteiger partial charge in [0.15, 0.2) is 0 Å². The van der Waals surface area contributed by atoms with Gasteiger partial charge in [-0.1, -0.05) is 0 Å². The van der Waals surface area contributed by atoms with Crippen LogP contribution in [0.25, 0.3) is 0 Å². The molecule has 0 saturated heterocycles. The van der Waals surface area contributed by atoms with Crippen LogP contribution < -0.4 is 11.5 Å². The molecule has 1 saturated carbocycles. The molecule has 1 aromatic heterocycles. The summed E-state index contributed by atoms with van der Waals surface area (Å²) in [5, 5.41) is 11.2. The van der Waals surface area contributed by atoms with Crippen molar-refractivity contribution in [3.8, 4) is 0 Å². The van der Waals surface area contributed by atoms with Gasteiger partial charge in [-0.15, -0.1) is 0 Å². The fourth-order valence-corrected chi connectivity index (χ4v) is 3.16. The quantitative estimate of drug-likeness (QED) is 0.486. The van der Waals surface area contributed by atoms with Gasteiger partial charge in [0.25, 0.3) is 5.69 Å². The second-order valence-corrected chi connectivity index (χ2v) is 6.01. The Bertz CT molecular complexity index is 527. The summed E-state index contributed by atoms with van der Waals surface area (Å²) in [6, 6.07) is 1.45. The zero-order valence-electron chi connectivity index (χ0n) is 11.1. The third-order valence-electron chi connectivity index (χ3n) is 3.70. The number of methoxy groups -OCH3 is 1. The minimum absolute atomic E-state index is 0.0837. The van der Waals surface area contributed by atoms with Crippen LogP contribution in [-0.4, -0.2) is 29.2 Å². The van der Waals surface area contributed by atoms with E-state index in [1.54, 1.807) is 13.2 Å². The number of hydrogen-bond acceptors (Lipinski definition) is 6. The minimum Gasteiger partial charge on any atom is -0.381 e. The zero-order valence-corrected chi connectivity index (χ0v) is 12.7. The molecule has 110 valence electrons. The predicted octanol–water partition coefficient (Wildman–Crippen LogP) is 1.43. The van der Waals surface area contributed by atoms with Crippen molar-refractivity contribution in [2.24, 2.45) is 11.5 Å². The Labute approximate surface area is 125 Å². The number of nitro groups is 1. The first kappa shape index (κ1) is 15.3. The summed E-state index contributed by atoms with van der Waals surface area (Å²) < 4.78 is 5.86. The molecule has 0 bridgehead atoms. The molecule has 0 aromatic carbocycles. The molecule has 0 spiro atoms. The zero-order chi connectivity index (χ0) is 14.9. The Morgan fingerprint density at radius 1 is 1.60 bits per heavy atom. The van der Waals surface area contributed by atoms with Gasteiger partial charge >= 0.3 is 0 Å². The average molecular weight is 345 g/mol. The molecule has 3 atom stereocenters. The summed E-state index contributed by atoms with van der Waals surface area (Å²) in [4.78, 5) is 14.6. The maximum absolute atomic E-state index is 11.2. The summed E-state index contributed by atoms with van der Waals surface area (Å²) >= 11 is 3.23. The molecule has 4 N–H and O–H groups in total. The van der Waals surface area contributed by atoms with Crippen molar-refractivity contribution in [2.75, 3.05) is 7.11 Å². The Morgan fingerprint density at radius 2 is 2.30 bits per heavy atom. The van der Waals surface area contributed by atoms with Crippen LogP contribution in [0.5, 0.6) is 0 Å². The Hall–Kier alpha value is -1.09. The van der Waals surface area contributed by atoms with E-state index in [0.29, 0.717) is 29.4 Å². The molecule has 1 heterocycles. The maximum Gasteiger partial charge on any atom is 0.292 e. The Balaban J connectivity index is 2.47. The van der Waals surface area contributed by atoms with Gasteiger partial charge in [-0.2, -0.15) is 0 Å². The number of rotatable bonds is 3. The lowest BCUT2D eigenvalue weighted by atomic mass is 9.74. The highest BCUT2D eigenvalue weighted by Crippen LogP contribution is 2.40. The average Bonchev–Trinajstić information content (AvgIpc) is 2.37. The van der Waals surface area contributed by atoms with E-state index in [1.165, 1.54) is 6.20 Å². The fraction of sp³-hybridized carbons (Fsp3) is 0.583. The molecule has 3 unspecified atom stereocenters. The van der Waals surface area contributed by atoms with Crippen LogP contribution >= 0.6 is 15.9 Å². The molecule has 0 aliphatic heterocycles. The van der Waals surface area contributed by atoms with E-state index in [-0.39, 0.29) is 17.8 Å². The van der Waals surface area contributed by atoms with Gasteiger partial charge in [-0.25, -0.2) is 4.98 Å². The van der Waals surface area contributed by atoms with Crippen LogP contribution in [0.4, 0.5) is 5.69 Å². The molecular weight excluding hydrogens is 328 g/mol. The van der Waals surface area contributed by atoms with E-state index >= 15 is 0 Å². The van der Waals surface area contributed by atoms with Crippen LogP contribution in [0, 0.1) is 10.1 Å². The molecule has 1 aliphatic carbocycles. The Morgan fingerprint density at radius 3 is 2.90 bits per heavy atom. The summed E-state index contributed by atoms with van der Waals surface area (Å²) in [7, 11) is 1.60. The molecule has 20 heavy (non-hydrogen) atoms. The topological polar surface area (TPSA) is 117 Å². The fourth-order valence-electron chi connectivity index (χ4n) is 2.83. The molecular formula is C12H17BrN4O3. The van der Waals surface area contributed by atoms with Gasteiger partial charge in [0.2, 0.25) is 0 Å². The van der Waals surface area contributed by atoms with Crippen molar-refractivity contribution in [1.29, 1.82) is 0 Å². The van der Waals surface area contributed by atoms with Crippen LogP contribution in [0.2, 0.25) is 0 Å². The van der Waals surface area contributed by atoms with Crippen LogP contribution in [-0.2, 0) is 10.3 Å². The highest BCUT2D eigenvalue weighted by molar-refractivity contribution is 9.10. The molecule has 0 radical (unpaired) electrons. The van der Waals surface area contributed by atoms with Crippen LogP contribution in [0.15, 0.2) is 16.9 Å². The smallest absolute Gasteiger partial charge is 0.292 e. The van der Waals surface area contributed by atoms with Crippen molar-refractivity contribution in [3.05, 3.63) is 32.5 Å². The van der Waals surface area contributed by atoms with Gasteiger partial charge in [0.1, 0.15) is 10.8 Å². The third-order valence-corrected chi connectivity index (χ3v) is 4.13. The van der Waals surface area contributed by atoms with Gasteiger partial charge in [0, 0.05) is 13.2 Å². The lowest BCUT2D eigenvalue weighted by Gasteiger charge is -2.40. The van der Waals surface area contributed by atoms with E-state index in [4.69, 9.17) is 16.2 Å². The molecule has 1 aliphatic rings.